The summed E-state index contributed by atoms with van der Waals surface area (Å²) in [5, 5.41) is 1.49. The van der Waals surface area contributed by atoms with Crippen molar-refractivity contribution in [3.63, 3.8) is 0 Å². The Hall–Kier alpha value is -1.32. The Labute approximate surface area is 146 Å². The van der Waals surface area contributed by atoms with E-state index >= 15 is 0 Å². The molecule has 1 saturated heterocycles. The van der Waals surface area contributed by atoms with Crippen LogP contribution in [0.3, 0.4) is 0 Å². The molecule has 0 amide bonds. The molecular formula is C21H31N3. The maximum atomic E-state index is 2.64. The molecule has 1 aromatic heterocycles. The summed E-state index contributed by atoms with van der Waals surface area (Å²) >= 11 is 0. The van der Waals surface area contributed by atoms with Crippen LogP contribution in [-0.4, -0.2) is 54.1 Å². The number of para-hydroxylation sites is 1. The molecular weight excluding hydrogens is 294 g/mol. The lowest BCUT2D eigenvalue weighted by atomic mass is 10.1. The predicted octanol–water partition coefficient (Wildman–Crippen LogP) is 3.94. The largest absolute Gasteiger partial charge is 0.344 e. The van der Waals surface area contributed by atoms with Crippen molar-refractivity contribution < 1.29 is 0 Å². The molecule has 4 rings (SSSR count). The van der Waals surface area contributed by atoms with E-state index in [9.17, 15) is 0 Å². The van der Waals surface area contributed by atoms with Crippen LogP contribution in [0.25, 0.3) is 10.9 Å². The second kappa shape index (κ2) is 7.28. The maximum Gasteiger partial charge on any atom is 0.0485 e. The molecule has 3 nitrogen and oxygen atoms in total. The number of piperazine rings is 1. The molecule has 0 spiro atoms. The number of hydrogen-bond acceptors (Lipinski definition) is 2. The molecule has 1 aromatic carbocycles. The van der Waals surface area contributed by atoms with Crippen molar-refractivity contribution in [3.05, 3.63) is 36.0 Å². The highest BCUT2D eigenvalue weighted by Crippen LogP contribution is 2.34. The topological polar surface area (TPSA) is 11.4 Å². The minimum absolute atomic E-state index is 0.737. The lowest BCUT2D eigenvalue weighted by Crippen LogP contribution is -2.44. The van der Waals surface area contributed by atoms with Gasteiger partial charge >= 0.3 is 0 Å². The average molecular weight is 326 g/mol. The Balaban J connectivity index is 1.44. The predicted molar refractivity (Wildman–Crippen MR) is 102 cm³/mol. The Morgan fingerprint density at radius 1 is 1.00 bits per heavy atom. The number of aryl methyl sites for hydroxylation is 1. The van der Waals surface area contributed by atoms with E-state index in [1.807, 2.05) is 0 Å². The van der Waals surface area contributed by atoms with Crippen molar-refractivity contribution in [2.45, 2.75) is 44.6 Å². The summed E-state index contributed by atoms with van der Waals surface area (Å²) in [6.45, 7) is 6.17. The number of hydrogen-bond donors (Lipinski definition) is 0. The Kier molecular flexibility index (Phi) is 4.91. The molecule has 0 radical (unpaired) electrons. The monoisotopic (exact) mass is 325 g/mol. The Morgan fingerprint density at radius 3 is 2.54 bits per heavy atom. The van der Waals surface area contributed by atoms with Crippen LogP contribution in [-0.2, 0) is 6.42 Å². The first kappa shape index (κ1) is 16.2. The molecule has 130 valence electrons. The number of benzene rings is 1. The lowest BCUT2D eigenvalue weighted by Gasteiger charge is -2.32. The van der Waals surface area contributed by atoms with E-state index in [0.29, 0.717) is 0 Å². The molecule has 0 unspecified atom stereocenters. The fraction of sp³-hybridized carbons (Fsp3) is 0.619. The highest BCUT2D eigenvalue weighted by Gasteiger charge is 2.20. The third-order valence-corrected chi connectivity index (χ3v) is 6.06. The van der Waals surface area contributed by atoms with Crippen LogP contribution in [0, 0.1) is 0 Å². The lowest BCUT2D eigenvalue weighted by molar-refractivity contribution is 0.153. The smallest absolute Gasteiger partial charge is 0.0485 e. The van der Waals surface area contributed by atoms with Gasteiger partial charge in [-0.1, -0.05) is 31.0 Å². The van der Waals surface area contributed by atoms with Crippen molar-refractivity contribution in [1.82, 2.24) is 14.4 Å². The third kappa shape index (κ3) is 3.38. The normalized spacial score (nSPS) is 21.0. The summed E-state index contributed by atoms with van der Waals surface area (Å²) in [7, 11) is 2.23. The summed E-state index contributed by atoms with van der Waals surface area (Å²) in [5.74, 6) is 0. The van der Waals surface area contributed by atoms with Crippen molar-refractivity contribution in [2.24, 2.45) is 0 Å². The summed E-state index contributed by atoms with van der Waals surface area (Å²) in [5.41, 5.74) is 3.02. The van der Waals surface area contributed by atoms with E-state index < -0.39 is 0 Å². The van der Waals surface area contributed by atoms with Gasteiger partial charge < -0.3 is 14.4 Å². The van der Waals surface area contributed by atoms with Crippen LogP contribution in [0.15, 0.2) is 30.5 Å². The molecule has 24 heavy (non-hydrogen) atoms. The molecule has 0 N–H and O–H groups in total. The van der Waals surface area contributed by atoms with Crippen LogP contribution in [0.1, 0.15) is 43.7 Å². The highest BCUT2D eigenvalue weighted by atomic mass is 15.2. The number of nitrogens with zero attached hydrogens (tertiary/aromatic N) is 3. The standard InChI is InChI=1S/C21H31N3/c1-22-13-15-23(16-14-22)12-6-7-18-17-24(19-8-2-3-9-19)21-11-5-4-10-20(18)21/h4-5,10-11,17,19H,2-3,6-9,12-16H2,1H3. The molecule has 2 fully saturated rings. The highest BCUT2D eigenvalue weighted by molar-refractivity contribution is 5.84. The molecule has 1 saturated carbocycles. The van der Waals surface area contributed by atoms with Crippen LogP contribution >= 0.6 is 0 Å². The van der Waals surface area contributed by atoms with Gasteiger partial charge in [-0.05, 0) is 50.9 Å². The molecule has 2 heterocycles. The molecule has 1 aliphatic carbocycles. The van der Waals surface area contributed by atoms with E-state index in [1.165, 1.54) is 82.2 Å². The van der Waals surface area contributed by atoms with Gasteiger partial charge in [0.2, 0.25) is 0 Å². The Bertz CT molecular complexity index is 661. The minimum atomic E-state index is 0.737. The molecule has 1 aliphatic heterocycles. The molecule has 2 aliphatic rings. The number of rotatable bonds is 5. The maximum absolute atomic E-state index is 2.64. The fourth-order valence-corrected chi connectivity index (χ4v) is 4.53. The van der Waals surface area contributed by atoms with E-state index in [-0.39, 0.29) is 0 Å². The van der Waals surface area contributed by atoms with Crippen LogP contribution in [0.4, 0.5) is 0 Å². The summed E-state index contributed by atoms with van der Waals surface area (Å²) < 4.78 is 2.59. The minimum Gasteiger partial charge on any atom is -0.344 e. The van der Waals surface area contributed by atoms with E-state index in [1.54, 1.807) is 5.56 Å². The third-order valence-electron chi connectivity index (χ3n) is 6.06. The van der Waals surface area contributed by atoms with Crippen molar-refractivity contribution in [1.29, 1.82) is 0 Å². The number of fused-ring (bicyclic) bond motifs is 1. The van der Waals surface area contributed by atoms with Crippen LogP contribution in [0.5, 0.6) is 0 Å². The quantitative estimate of drug-likeness (QED) is 0.825. The van der Waals surface area contributed by atoms with Crippen molar-refractivity contribution >= 4 is 10.9 Å². The van der Waals surface area contributed by atoms with Gasteiger partial charge in [-0.3, -0.25) is 0 Å². The van der Waals surface area contributed by atoms with Gasteiger partial charge in [0.25, 0.3) is 0 Å². The Morgan fingerprint density at radius 2 is 1.75 bits per heavy atom. The SMILES string of the molecule is CN1CCN(CCCc2cn(C3CCCC3)c3ccccc23)CC1. The fourth-order valence-electron chi connectivity index (χ4n) is 4.53. The molecule has 2 aromatic rings. The molecule has 3 heteroatoms. The van der Waals surface area contributed by atoms with E-state index in [2.05, 4.69) is 51.9 Å². The zero-order valence-corrected chi connectivity index (χ0v) is 15.1. The average Bonchev–Trinajstić information content (AvgIpc) is 3.25. The zero-order chi connectivity index (χ0) is 16.4. The number of likely N-dealkylation sites (N-methyl/N-ethyl adjacent to an activating group) is 1. The summed E-state index contributed by atoms with van der Waals surface area (Å²) in [4.78, 5) is 5.07. The van der Waals surface area contributed by atoms with Crippen LogP contribution in [0.2, 0.25) is 0 Å². The van der Waals surface area contributed by atoms with Crippen molar-refractivity contribution in [3.8, 4) is 0 Å². The summed E-state index contributed by atoms with van der Waals surface area (Å²) in [6.07, 6.45) is 10.5. The molecule has 0 bridgehead atoms. The molecule has 0 atom stereocenters. The number of aromatic nitrogens is 1. The van der Waals surface area contributed by atoms with Gasteiger partial charge in [0.1, 0.15) is 0 Å². The second-order valence-electron chi connectivity index (χ2n) is 7.77. The van der Waals surface area contributed by atoms with Crippen molar-refractivity contribution in [2.75, 3.05) is 39.8 Å². The first-order valence-corrected chi connectivity index (χ1v) is 9.80. The van der Waals surface area contributed by atoms with Gasteiger partial charge in [-0.25, -0.2) is 0 Å². The van der Waals surface area contributed by atoms with Gasteiger partial charge in [-0.15, -0.1) is 0 Å². The van der Waals surface area contributed by atoms with E-state index in [4.69, 9.17) is 0 Å². The van der Waals surface area contributed by atoms with E-state index in [0.717, 1.165) is 6.04 Å². The van der Waals surface area contributed by atoms with Gasteiger partial charge in [0, 0.05) is 49.3 Å². The summed E-state index contributed by atoms with van der Waals surface area (Å²) in [6, 6.07) is 9.78. The van der Waals surface area contributed by atoms with Gasteiger partial charge in [0.15, 0.2) is 0 Å². The van der Waals surface area contributed by atoms with Gasteiger partial charge in [0.05, 0.1) is 0 Å². The van der Waals surface area contributed by atoms with Crippen LogP contribution < -0.4 is 0 Å². The van der Waals surface area contributed by atoms with Gasteiger partial charge in [-0.2, -0.15) is 0 Å². The second-order valence-corrected chi connectivity index (χ2v) is 7.77. The first-order chi connectivity index (χ1) is 11.8. The first-order valence-electron chi connectivity index (χ1n) is 9.80. The zero-order valence-electron chi connectivity index (χ0n) is 15.1.